The Hall–Kier alpha value is -2.23. The molecule has 0 aliphatic rings. The molecule has 18 heavy (non-hydrogen) atoms. The van der Waals surface area contributed by atoms with Crippen LogP contribution in [0.2, 0.25) is 0 Å². The van der Waals surface area contributed by atoms with Gasteiger partial charge in [0.05, 0.1) is 23.1 Å². The predicted molar refractivity (Wildman–Crippen MR) is 70.3 cm³/mol. The van der Waals surface area contributed by atoms with Gasteiger partial charge in [-0.2, -0.15) is 5.10 Å². The highest BCUT2D eigenvalue weighted by Gasteiger charge is 2.12. The molecule has 0 N–H and O–H groups in total. The Morgan fingerprint density at radius 1 is 1.17 bits per heavy atom. The van der Waals surface area contributed by atoms with Crippen LogP contribution in [0.15, 0.2) is 43.0 Å². The summed E-state index contributed by atoms with van der Waals surface area (Å²) in [6, 6.07) is 8.08. The average Bonchev–Trinajstić information content (AvgIpc) is 2.86. The Kier molecular flexibility index (Phi) is 2.55. The summed E-state index contributed by atoms with van der Waals surface area (Å²) in [7, 11) is 0. The number of fused-ring (bicyclic) bond motifs is 1. The summed E-state index contributed by atoms with van der Waals surface area (Å²) in [5.74, 6) is 0.381. The molecule has 0 aromatic carbocycles. The van der Waals surface area contributed by atoms with E-state index < -0.39 is 0 Å². The maximum Gasteiger partial charge on any atom is 0.116 e. The Morgan fingerprint density at radius 2 is 2.06 bits per heavy atom. The van der Waals surface area contributed by atoms with E-state index >= 15 is 0 Å². The van der Waals surface area contributed by atoms with Crippen molar-refractivity contribution in [1.82, 2.24) is 19.6 Å². The summed E-state index contributed by atoms with van der Waals surface area (Å²) in [5, 5.41) is 4.35. The zero-order valence-electron chi connectivity index (χ0n) is 10.4. The van der Waals surface area contributed by atoms with Crippen molar-refractivity contribution < 1.29 is 0 Å². The third-order valence-corrected chi connectivity index (χ3v) is 3.03. The largest absolute Gasteiger partial charge is 0.244 e. The first-order valence-electron chi connectivity index (χ1n) is 6.00. The summed E-state index contributed by atoms with van der Waals surface area (Å²) >= 11 is 0. The van der Waals surface area contributed by atoms with Gasteiger partial charge >= 0.3 is 0 Å². The van der Waals surface area contributed by atoms with E-state index in [1.165, 1.54) is 0 Å². The van der Waals surface area contributed by atoms with Crippen molar-refractivity contribution >= 4 is 5.52 Å². The molecular formula is C14H14N4. The first kappa shape index (κ1) is 10.9. The van der Waals surface area contributed by atoms with Crippen LogP contribution in [0.5, 0.6) is 0 Å². The molecule has 0 spiro atoms. The van der Waals surface area contributed by atoms with Gasteiger partial charge in [-0.3, -0.25) is 0 Å². The molecule has 0 aliphatic heterocycles. The van der Waals surface area contributed by atoms with Crippen molar-refractivity contribution in [3.63, 3.8) is 0 Å². The van der Waals surface area contributed by atoms with Crippen molar-refractivity contribution in [2.24, 2.45) is 0 Å². The van der Waals surface area contributed by atoms with Crippen molar-refractivity contribution in [1.29, 1.82) is 0 Å². The molecular weight excluding hydrogens is 224 g/mol. The Bertz CT molecular complexity index is 685. The van der Waals surface area contributed by atoms with Gasteiger partial charge in [0.25, 0.3) is 0 Å². The summed E-state index contributed by atoms with van der Waals surface area (Å²) in [6.45, 7) is 4.29. The molecule has 3 rings (SSSR count). The van der Waals surface area contributed by atoms with Crippen LogP contribution >= 0.6 is 0 Å². The third kappa shape index (κ3) is 1.66. The molecule has 0 unspecified atom stereocenters. The van der Waals surface area contributed by atoms with Crippen LogP contribution in [0.4, 0.5) is 0 Å². The van der Waals surface area contributed by atoms with Gasteiger partial charge in [-0.15, -0.1) is 0 Å². The lowest BCUT2D eigenvalue weighted by molar-refractivity contribution is 0.842. The lowest BCUT2D eigenvalue weighted by atomic mass is 10.0. The van der Waals surface area contributed by atoms with Gasteiger partial charge in [0.15, 0.2) is 0 Å². The fraction of sp³-hybridized carbons (Fsp3) is 0.214. The van der Waals surface area contributed by atoms with Gasteiger partial charge < -0.3 is 0 Å². The fourth-order valence-electron chi connectivity index (χ4n) is 2.11. The Morgan fingerprint density at radius 3 is 2.89 bits per heavy atom. The number of rotatable bonds is 2. The van der Waals surface area contributed by atoms with Gasteiger partial charge in [0.2, 0.25) is 0 Å². The standard InChI is InChI=1S/C14H14N4/c1-10(2)12-8-15-9-16-14(12)13-5-3-4-11-6-7-17-18(11)13/h3-10H,1-2H3. The fourth-order valence-corrected chi connectivity index (χ4v) is 2.11. The smallest absolute Gasteiger partial charge is 0.116 e. The second-order valence-corrected chi connectivity index (χ2v) is 4.56. The molecule has 0 fully saturated rings. The lowest BCUT2D eigenvalue weighted by Gasteiger charge is -2.11. The van der Waals surface area contributed by atoms with Gasteiger partial charge in [-0.25, -0.2) is 14.5 Å². The molecule has 0 aliphatic carbocycles. The highest BCUT2D eigenvalue weighted by Crippen LogP contribution is 2.26. The molecule has 3 heterocycles. The maximum atomic E-state index is 4.43. The van der Waals surface area contributed by atoms with Crippen molar-refractivity contribution in [2.45, 2.75) is 19.8 Å². The molecule has 0 bridgehead atoms. The molecule has 0 saturated heterocycles. The zero-order chi connectivity index (χ0) is 12.5. The van der Waals surface area contributed by atoms with Crippen molar-refractivity contribution in [2.75, 3.05) is 0 Å². The van der Waals surface area contributed by atoms with Crippen molar-refractivity contribution in [3.05, 3.63) is 48.5 Å². The molecule has 0 radical (unpaired) electrons. The van der Waals surface area contributed by atoms with Crippen LogP contribution in [0, 0.1) is 0 Å². The highest BCUT2D eigenvalue weighted by molar-refractivity contribution is 5.64. The Labute approximate surface area is 105 Å². The first-order chi connectivity index (χ1) is 8.77. The van der Waals surface area contributed by atoms with E-state index in [0.29, 0.717) is 5.92 Å². The molecule has 90 valence electrons. The van der Waals surface area contributed by atoms with Gasteiger partial charge in [0, 0.05) is 11.8 Å². The van der Waals surface area contributed by atoms with E-state index in [0.717, 1.165) is 22.5 Å². The molecule has 0 amide bonds. The van der Waals surface area contributed by atoms with Gasteiger partial charge in [0.1, 0.15) is 6.33 Å². The summed E-state index contributed by atoms with van der Waals surface area (Å²) in [4.78, 5) is 8.55. The number of pyridine rings is 1. The first-order valence-corrected chi connectivity index (χ1v) is 6.00. The number of aromatic nitrogens is 4. The summed E-state index contributed by atoms with van der Waals surface area (Å²) in [5.41, 5.74) is 4.17. The van der Waals surface area contributed by atoms with Crippen LogP contribution < -0.4 is 0 Å². The highest BCUT2D eigenvalue weighted by atomic mass is 15.2. The molecule has 4 heteroatoms. The quantitative estimate of drug-likeness (QED) is 0.689. The van der Waals surface area contributed by atoms with Crippen molar-refractivity contribution in [3.8, 4) is 11.4 Å². The molecule has 3 aromatic heterocycles. The zero-order valence-corrected chi connectivity index (χ0v) is 10.4. The monoisotopic (exact) mass is 238 g/mol. The second kappa shape index (κ2) is 4.22. The number of hydrogen-bond acceptors (Lipinski definition) is 3. The lowest BCUT2D eigenvalue weighted by Crippen LogP contribution is -2.01. The van der Waals surface area contributed by atoms with Gasteiger partial charge in [-0.05, 0) is 24.1 Å². The van der Waals surface area contributed by atoms with Gasteiger partial charge in [-0.1, -0.05) is 19.9 Å². The topological polar surface area (TPSA) is 43.1 Å². The van der Waals surface area contributed by atoms with E-state index in [1.54, 1.807) is 12.5 Å². The number of hydrogen-bond donors (Lipinski definition) is 0. The maximum absolute atomic E-state index is 4.43. The number of nitrogens with zero attached hydrogens (tertiary/aromatic N) is 4. The minimum Gasteiger partial charge on any atom is -0.244 e. The van der Waals surface area contributed by atoms with E-state index in [4.69, 9.17) is 0 Å². The molecule has 4 nitrogen and oxygen atoms in total. The van der Waals surface area contributed by atoms with E-state index in [-0.39, 0.29) is 0 Å². The molecule has 3 aromatic rings. The SMILES string of the molecule is CC(C)c1cncnc1-c1cccc2ccnn12. The summed E-state index contributed by atoms with van der Waals surface area (Å²) in [6.07, 6.45) is 5.27. The minimum atomic E-state index is 0.381. The normalized spacial score (nSPS) is 11.3. The predicted octanol–water partition coefficient (Wildman–Crippen LogP) is 2.91. The van der Waals surface area contributed by atoms with E-state index in [1.807, 2.05) is 35.0 Å². The van der Waals surface area contributed by atoms with Crippen LogP contribution in [0.3, 0.4) is 0 Å². The molecule has 0 saturated carbocycles. The minimum absolute atomic E-state index is 0.381. The molecule has 0 atom stereocenters. The van der Waals surface area contributed by atoms with Crippen LogP contribution in [-0.4, -0.2) is 19.6 Å². The average molecular weight is 238 g/mol. The van der Waals surface area contributed by atoms with Crippen LogP contribution in [-0.2, 0) is 0 Å². The van der Waals surface area contributed by atoms with E-state index in [2.05, 4.69) is 28.9 Å². The van der Waals surface area contributed by atoms with Crippen LogP contribution in [0.1, 0.15) is 25.3 Å². The van der Waals surface area contributed by atoms with E-state index in [9.17, 15) is 0 Å². The summed E-state index contributed by atoms with van der Waals surface area (Å²) < 4.78 is 1.91. The second-order valence-electron chi connectivity index (χ2n) is 4.56. The van der Waals surface area contributed by atoms with Crippen LogP contribution in [0.25, 0.3) is 16.9 Å². The Balaban J connectivity index is 2.29. The third-order valence-electron chi connectivity index (χ3n) is 3.03.